The van der Waals surface area contributed by atoms with Gasteiger partial charge < -0.3 is 5.32 Å². The van der Waals surface area contributed by atoms with Crippen molar-refractivity contribution in [2.24, 2.45) is 0 Å². The Morgan fingerprint density at radius 1 is 1.00 bits per heavy atom. The normalized spacial score (nSPS) is 11.3. The highest BCUT2D eigenvalue weighted by Gasteiger charge is 2.05. The average Bonchev–Trinajstić information content (AvgIpc) is 2.33. The Balaban J connectivity index is 2.27. The fourth-order valence-corrected chi connectivity index (χ4v) is 2.97. The van der Waals surface area contributed by atoms with Crippen molar-refractivity contribution >= 4 is 25.3 Å². The molecule has 1 unspecified atom stereocenters. The molecule has 0 aliphatic carbocycles. The van der Waals surface area contributed by atoms with Crippen molar-refractivity contribution in [3.63, 3.8) is 0 Å². The lowest BCUT2D eigenvalue weighted by atomic mass is 10.2. The number of hydrogen-bond donors (Lipinski definition) is 1. The van der Waals surface area contributed by atoms with Crippen LogP contribution in [0, 0.1) is 6.92 Å². The van der Waals surface area contributed by atoms with Gasteiger partial charge in [-0.3, -0.25) is 0 Å². The average molecular weight is 257 g/mol. The highest BCUT2D eigenvalue weighted by molar-refractivity contribution is 7.48. The van der Waals surface area contributed by atoms with E-state index in [9.17, 15) is 0 Å². The molecule has 94 valence electrons. The summed E-state index contributed by atoms with van der Waals surface area (Å²) < 4.78 is 0. The zero-order valence-electron chi connectivity index (χ0n) is 11.2. The van der Waals surface area contributed by atoms with Crippen molar-refractivity contribution in [1.29, 1.82) is 0 Å². The van der Waals surface area contributed by atoms with Gasteiger partial charge in [-0.05, 0) is 41.6 Å². The lowest BCUT2D eigenvalue weighted by Gasteiger charge is -2.14. The number of anilines is 2. The van der Waals surface area contributed by atoms with Crippen LogP contribution in [-0.2, 0) is 0 Å². The highest BCUT2D eigenvalue weighted by Crippen LogP contribution is 2.25. The summed E-state index contributed by atoms with van der Waals surface area (Å²) in [5.41, 5.74) is 4.39. The molecular weight excluding hydrogens is 237 g/mol. The molecule has 2 heteroatoms. The van der Waals surface area contributed by atoms with Gasteiger partial charge in [0.15, 0.2) is 0 Å². The number of aryl methyl sites for hydroxylation is 1. The smallest absolute Gasteiger partial charge is 0.0462 e. The maximum atomic E-state index is 3.53. The van der Waals surface area contributed by atoms with E-state index in [1.807, 2.05) is 6.07 Å². The van der Waals surface area contributed by atoms with Crippen molar-refractivity contribution in [3.8, 4) is 0 Å². The fourth-order valence-electron chi connectivity index (χ4n) is 1.88. The second kappa shape index (κ2) is 6.02. The van der Waals surface area contributed by atoms with Crippen LogP contribution in [0.5, 0.6) is 0 Å². The van der Waals surface area contributed by atoms with Crippen molar-refractivity contribution in [1.82, 2.24) is 0 Å². The van der Waals surface area contributed by atoms with Crippen LogP contribution in [0.25, 0.3) is 0 Å². The molecule has 18 heavy (non-hydrogen) atoms. The number of hydrogen-bond acceptors (Lipinski definition) is 1. The van der Waals surface area contributed by atoms with Gasteiger partial charge in [0, 0.05) is 11.4 Å². The first-order valence-corrected chi connectivity index (χ1v) is 7.42. The molecule has 0 saturated carbocycles. The number of rotatable bonds is 4. The Morgan fingerprint density at radius 2 is 1.72 bits per heavy atom. The third-order valence-corrected chi connectivity index (χ3v) is 4.00. The third-order valence-electron chi connectivity index (χ3n) is 2.67. The summed E-state index contributed by atoms with van der Waals surface area (Å²) in [6.45, 7) is 6.67. The Kier molecular flexibility index (Phi) is 4.38. The highest BCUT2D eigenvalue weighted by atomic mass is 31.1. The summed E-state index contributed by atoms with van der Waals surface area (Å²) in [5, 5.41) is 4.94. The minimum atomic E-state index is 0.698. The van der Waals surface area contributed by atoms with E-state index in [1.165, 1.54) is 16.6 Å². The van der Waals surface area contributed by atoms with E-state index in [4.69, 9.17) is 0 Å². The molecule has 0 aliphatic rings. The summed E-state index contributed by atoms with van der Waals surface area (Å²) in [4.78, 5) is 0. The van der Waals surface area contributed by atoms with Gasteiger partial charge in [-0.2, -0.15) is 0 Å². The molecule has 2 aromatic carbocycles. The molecule has 0 heterocycles. The Hall–Kier alpha value is -1.33. The Bertz CT molecular complexity index is 506. The molecule has 0 spiro atoms. The zero-order chi connectivity index (χ0) is 13.0. The van der Waals surface area contributed by atoms with E-state index in [0.29, 0.717) is 5.66 Å². The summed E-state index contributed by atoms with van der Waals surface area (Å²) in [6.07, 6.45) is 0. The molecule has 0 fully saturated rings. The van der Waals surface area contributed by atoms with E-state index in [1.54, 1.807) is 0 Å². The van der Waals surface area contributed by atoms with Crippen LogP contribution in [0.1, 0.15) is 19.4 Å². The van der Waals surface area contributed by atoms with Crippen molar-refractivity contribution in [3.05, 3.63) is 54.1 Å². The number of nitrogens with one attached hydrogen (secondary N) is 1. The molecule has 0 bridgehead atoms. The van der Waals surface area contributed by atoms with Gasteiger partial charge in [-0.15, -0.1) is 0 Å². The first kappa shape index (κ1) is 13.1. The number of para-hydroxylation sites is 1. The minimum absolute atomic E-state index is 0.698. The maximum Gasteiger partial charge on any atom is 0.0462 e. The first-order chi connectivity index (χ1) is 8.65. The van der Waals surface area contributed by atoms with Gasteiger partial charge in [0.1, 0.15) is 0 Å². The standard InChI is InChI=1S/C16H20NP/c1-12(2)18-16-10-9-13(3)11-15(16)17-14-7-5-4-6-8-14/h4-12,17-18H,1-3H3. The van der Waals surface area contributed by atoms with E-state index >= 15 is 0 Å². The molecule has 0 aromatic heterocycles. The molecule has 1 nitrogen and oxygen atoms in total. The van der Waals surface area contributed by atoms with Crippen LogP contribution in [-0.4, -0.2) is 5.66 Å². The van der Waals surface area contributed by atoms with Gasteiger partial charge in [0.05, 0.1) is 0 Å². The minimum Gasteiger partial charge on any atom is -0.355 e. The SMILES string of the molecule is Cc1ccc(PC(C)C)c(Nc2ccccc2)c1. The van der Waals surface area contributed by atoms with E-state index < -0.39 is 0 Å². The predicted molar refractivity (Wildman–Crippen MR) is 84.0 cm³/mol. The van der Waals surface area contributed by atoms with Crippen LogP contribution < -0.4 is 10.6 Å². The summed E-state index contributed by atoms with van der Waals surface area (Å²) >= 11 is 0. The van der Waals surface area contributed by atoms with Gasteiger partial charge in [-0.25, -0.2) is 0 Å². The van der Waals surface area contributed by atoms with E-state index in [-0.39, 0.29) is 0 Å². The first-order valence-electron chi connectivity index (χ1n) is 6.34. The quantitative estimate of drug-likeness (QED) is 0.798. The second-order valence-corrected chi connectivity index (χ2v) is 6.82. The van der Waals surface area contributed by atoms with Crippen LogP contribution in [0.2, 0.25) is 0 Å². The Morgan fingerprint density at radius 3 is 2.39 bits per heavy atom. The zero-order valence-corrected chi connectivity index (χ0v) is 12.2. The summed E-state index contributed by atoms with van der Waals surface area (Å²) in [5.74, 6) is 0. The molecule has 1 N–H and O–H groups in total. The summed E-state index contributed by atoms with van der Waals surface area (Å²) in [6, 6.07) is 17.0. The van der Waals surface area contributed by atoms with Gasteiger partial charge in [-0.1, -0.05) is 52.8 Å². The van der Waals surface area contributed by atoms with Gasteiger partial charge in [0.25, 0.3) is 0 Å². The molecule has 0 aliphatic heterocycles. The second-order valence-electron chi connectivity index (χ2n) is 4.84. The van der Waals surface area contributed by atoms with Crippen LogP contribution in [0.15, 0.2) is 48.5 Å². The maximum absolute atomic E-state index is 3.53. The molecule has 1 atom stereocenters. The van der Waals surface area contributed by atoms with E-state index in [2.05, 4.69) is 68.6 Å². The molecule has 0 saturated heterocycles. The van der Waals surface area contributed by atoms with E-state index in [0.717, 1.165) is 14.3 Å². The van der Waals surface area contributed by atoms with Crippen molar-refractivity contribution in [2.75, 3.05) is 5.32 Å². The molecule has 0 radical (unpaired) electrons. The molecule has 2 aromatic rings. The lowest BCUT2D eigenvalue weighted by molar-refractivity contribution is 1.11. The fraction of sp³-hybridized carbons (Fsp3) is 0.250. The van der Waals surface area contributed by atoms with Crippen LogP contribution in [0.3, 0.4) is 0 Å². The van der Waals surface area contributed by atoms with Gasteiger partial charge in [0.2, 0.25) is 0 Å². The largest absolute Gasteiger partial charge is 0.355 e. The lowest BCUT2D eigenvalue weighted by Crippen LogP contribution is -2.07. The molecule has 2 rings (SSSR count). The van der Waals surface area contributed by atoms with Crippen LogP contribution >= 0.6 is 8.58 Å². The van der Waals surface area contributed by atoms with Gasteiger partial charge >= 0.3 is 0 Å². The Labute approximate surface area is 111 Å². The number of benzene rings is 2. The molecular formula is C16H20NP. The van der Waals surface area contributed by atoms with Crippen molar-refractivity contribution < 1.29 is 0 Å². The predicted octanol–water partition coefficient (Wildman–Crippen LogP) is 4.45. The monoisotopic (exact) mass is 257 g/mol. The summed E-state index contributed by atoms with van der Waals surface area (Å²) in [7, 11) is 0.845. The molecule has 0 amide bonds. The topological polar surface area (TPSA) is 12.0 Å². The van der Waals surface area contributed by atoms with Crippen LogP contribution in [0.4, 0.5) is 11.4 Å². The third kappa shape index (κ3) is 3.58. The van der Waals surface area contributed by atoms with Crippen molar-refractivity contribution in [2.45, 2.75) is 26.4 Å².